The van der Waals surface area contributed by atoms with Gasteiger partial charge in [0, 0.05) is 25.2 Å². The Hall–Kier alpha value is -0.650. The van der Waals surface area contributed by atoms with Gasteiger partial charge in [-0.05, 0) is 45.3 Å². The van der Waals surface area contributed by atoms with Crippen LogP contribution in [-0.4, -0.2) is 66.1 Å². The zero-order chi connectivity index (χ0) is 15.5. The average molecular weight is 296 g/mol. The van der Waals surface area contributed by atoms with Gasteiger partial charge in [-0.1, -0.05) is 20.8 Å². The zero-order valence-electron chi connectivity index (χ0n) is 13.9. The van der Waals surface area contributed by atoms with Crippen molar-refractivity contribution in [3.63, 3.8) is 0 Å². The van der Waals surface area contributed by atoms with Gasteiger partial charge in [0.2, 0.25) is 5.91 Å². The molecule has 2 aliphatic rings. The van der Waals surface area contributed by atoms with Crippen LogP contribution in [0.4, 0.5) is 0 Å². The van der Waals surface area contributed by atoms with Gasteiger partial charge in [-0.25, -0.2) is 0 Å². The number of carbonyl (C=O) groups excluding carboxylic acids is 1. The highest BCUT2D eigenvalue weighted by Gasteiger charge is 2.46. The minimum atomic E-state index is -0.466. The van der Waals surface area contributed by atoms with Crippen molar-refractivity contribution in [3.05, 3.63) is 0 Å². The highest BCUT2D eigenvalue weighted by Crippen LogP contribution is 2.35. The van der Waals surface area contributed by atoms with E-state index in [1.54, 1.807) is 0 Å². The number of carbonyl (C=O) groups is 1. The van der Waals surface area contributed by atoms with E-state index < -0.39 is 5.54 Å². The number of likely N-dealkylation sites (N-methyl/N-ethyl adjacent to an activating group) is 2. The van der Waals surface area contributed by atoms with Crippen LogP contribution in [0.25, 0.3) is 0 Å². The Morgan fingerprint density at radius 1 is 1.33 bits per heavy atom. The van der Waals surface area contributed by atoms with E-state index in [4.69, 9.17) is 5.73 Å². The molecule has 2 fully saturated rings. The number of hydrogen-bond acceptors (Lipinski definition) is 4. The van der Waals surface area contributed by atoms with Crippen LogP contribution in [0.2, 0.25) is 0 Å². The van der Waals surface area contributed by atoms with Crippen LogP contribution in [0.5, 0.6) is 0 Å². The molecule has 0 radical (unpaired) electrons. The maximum Gasteiger partial charge on any atom is 0.237 e. The summed E-state index contributed by atoms with van der Waals surface area (Å²) in [6.45, 7) is 11.9. The minimum absolute atomic E-state index is 0.175. The lowest BCUT2D eigenvalue weighted by Crippen LogP contribution is -2.54. The molecule has 0 bridgehead atoms. The Kier molecular flexibility index (Phi) is 5.63. The molecule has 1 heterocycles. The van der Waals surface area contributed by atoms with Crippen LogP contribution < -0.4 is 11.1 Å². The summed E-state index contributed by atoms with van der Waals surface area (Å²) in [6, 6.07) is 1.19. The monoisotopic (exact) mass is 296 g/mol. The van der Waals surface area contributed by atoms with Gasteiger partial charge in [0.25, 0.3) is 0 Å². The molecule has 1 amide bonds. The first-order valence-corrected chi connectivity index (χ1v) is 8.59. The molecule has 2 rings (SSSR count). The van der Waals surface area contributed by atoms with Crippen molar-refractivity contribution in [2.45, 2.75) is 64.1 Å². The second-order valence-electron chi connectivity index (χ2n) is 6.53. The topological polar surface area (TPSA) is 61.6 Å². The van der Waals surface area contributed by atoms with E-state index in [-0.39, 0.29) is 5.91 Å². The minimum Gasteiger partial charge on any atom is -0.368 e. The van der Waals surface area contributed by atoms with Gasteiger partial charge in [-0.2, -0.15) is 0 Å². The third-order valence-corrected chi connectivity index (χ3v) is 5.52. The molecule has 1 saturated carbocycles. The van der Waals surface area contributed by atoms with E-state index in [1.165, 1.54) is 6.42 Å². The lowest BCUT2D eigenvalue weighted by molar-refractivity contribution is -0.124. The molecular weight excluding hydrogens is 264 g/mol. The molecule has 0 spiro atoms. The fraction of sp³-hybridized carbons (Fsp3) is 0.938. The normalized spacial score (nSPS) is 33.9. The molecule has 0 aromatic heterocycles. The highest BCUT2D eigenvalue weighted by molar-refractivity contribution is 5.85. The summed E-state index contributed by atoms with van der Waals surface area (Å²) in [5, 5.41) is 3.36. The van der Waals surface area contributed by atoms with Crippen molar-refractivity contribution in [2.24, 2.45) is 5.73 Å². The summed E-state index contributed by atoms with van der Waals surface area (Å²) in [6.07, 6.45) is 4.10. The van der Waals surface area contributed by atoms with Crippen LogP contribution in [0, 0.1) is 0 Å². The first kappa shape index (κ1) is 16.7. The number of hydrogen-bond donors (Lipinski definition) is 2. The van der Waals surface area contributed by atoms with E-state index >= 15 is 0 Å². The van der Waals surface area contributed by atoms with Gasteiger partial charge in [0.05, 0.1) is 5.54 Å². The Morgan fingerprint density at radius 3 is 2.62 bits per heavy atom. The number of nitrogens with two attached hydrogens (primary N) is 1. The quantitative estimate of drug-likeness (QED) is 0.729. The van der Waals surface area contributed by atoms with Crippen LogP contribution in [0.15, 0.2) is 0 Å². The Bertz CT molecular complexity index is 358. The van der Waals surface area contributed by atoms with Crippen LogP contribution in [0.3, 0.4) is 0 Å². The van der Waals surface area contributed by atoms with Crippen LogP contribution >= 0.6 is 0 Å². The largest absolute Gasteiger partial charge is 0.368 e. The lowest BCUT2D eigenvalue weighted by Gasteiger charge is -2.30. The van der Waals surface area contributed by atoms with Gasteiger partial charge in [0.1, 0.15) is 0 Å². The third kappa shape index (κ3) is 3.41. The van der Waals surface area contributed by atoms with E-state index in [9.17, 15) is 4.79 Å². The van der Waals surface area contributed by atoms with Crippen molar-refractivity contribution in [1.29, 1.82) is 0 Å². The number of rotatable bonds is 7. The predicted molar refractivity (Wildman–Crippen MR) is 86.1 cm³/mol. The molecule has 3 N–H and O–H groups in total. The number of nitrogens with zero attached hydrogens (tertiary/aromatic N) is 2. The first-order valence-electron chi connectivity index (χ1n) is 8.59. The van der Waals surface area contributed by atoms with Gasteiger partial charge in [-0.15, -0.1) is 0 Å². The molecule has 3 atom stereocenters. The molecule has 0 aromatic rings. The maximum absolute atomic E-state index is 11.9. The summed E-state index contributed by atoms with van der Waals surface area (Å²) in [4.78, 5) is 17.0. The van der Waals surface area contributed by atoms with E-state index in [1.807, 2.05) is 6.92 Å². The standard InChI is InChI=1S/C16H32N4O/c1-4-18-16(15(17)21)9-7-13(11-16)20-10-8-14(12-20)19(5-2)6-3/h13-14,18H,4-12H2,1-3H3,(H2,17,21). The van der Waals surface area contributed by atoms with E-state index in [0.717, 1.165) is 52.0 Å². The average Bonchev–Trinajstić information content (AvgIpc) is 3.08. The van der Waals surface area contributed by atoms with Crippen molar-refractivity contribution in [1.82, 2.24) is 15.1 Å². The molecule has 1 saturated heterocycles. The summed E-state index contributed by atoms with van der Waals surface area (Å²) >= 11 is 0. The molecule has 5 heteroatoms. The van der Waals surface area contributed by atoms with Crippen molar-refractivity contribution >= 4 is 5.91 Å². The molecule has 0 aromatic carbocycles. The second kappa shape index (κ2) is 7.07. The third-order valence-electron chi connectivity index (χ3n) is 5.52. The van der Waals surface area contributed by atoms with Crippen molar-refractivity contribution in [2.75, 3.05) is 32.7 Å². The SMILES string of the molecule is CCNC1(C(N)=O)CCC(N2CCC(N(CC)CC)C2)C1. The number of amides is 1. The Morgan fingerprint density at radius 2 is 2.05 bits per heavy atom. The lowest BCUT2D eigenvalue weighted by atomic mass is 9.96. The van der Waals surface area contributed by atoms with Gasteiger partial charge in [-0.3, -0.25) is 14.6 Å². The predicted octanol–water partition coefficient (Wildman–Crippen LogP) is 0.789. The summed E-state index contributed by atoms with van der Waals surface area (Å²) in [7, 11) is 0. The van der Waals surface area contributed by atoms with E-state index in [0.29, 0.717) is 12.1 Å². The second-order valence-corrected chi connectivity index (χ2v) is 6.53. The zero-order valence-corrected chi connectivity index (χ0v) is 13.9. The molecule has 1 aliphatic carbocycles. The molecule has 21 heavy (non-hydrogen) atoms. The summed E-state index contributed by atoms with van der Waals surface area (Å²) in [5.41, 5.74) is 5.20. The van der Waals surface area contributed by atoms with Gasteiger partial charge in [0.15, 0.2) is 0 Å². The van der Waals surface area contributed by atoms with Crippen molar-refractivity contribution in [3.8, 4) is 0 Å². The van der Waals surface area contributed by atoms with E-state index in [2.05, 4.69) is 29.0 Å². The Balaban J connectivity index is 1.94. The first-order chi connectivity index (χ1) is 10.1. The Labute approximate surface area is 129 Å². The maximum atomic E-state index is 11.9. The number of likely N-dealkylation sites (tertiary alicyclic amines) is 1. The van der Waals surface area contributed by atoms with Crippen LogP contribution in [0.1, 0.15) is 46.5 Å². The highest BCUT2D eigenvalue weighted by atomic mass is 16.1. The van der Waals surface area contributed by atoms with Crippen LogP contribution in [-0.2, 0) is 4.79 Å². The molecule has 3 unspecified atom stereocenters. The summed E-state index contributed by atoms with van der Waals surface area (Å²) in [5.74, 6) is -0.175. The number of nitrogens with one attached hydrogen (secondary N) is 1. The number of primary amides is 1. The molecule has 5 nitrogen and oxygen atoms in total. The molecule has 122 valence electrons. The van der Waals surface area contributed by atoms with Gasteiger partial charge >= 0.3 is 0 Å². The fourth-order valence-corrected chi connectivity index (χ4v) is 4.28. The van der Waals surface area contributed by atoms with Gasteiger partial charge < -0.3 is 11.1 Å². The smallest absolute Gasteiger partial charge is 0.237 e. The molecular formula is C16H32N4O. The molecule has 1 aliphatic heterocycles. The van der Waals surface area contributed by atoms with Crippen molar-refractivity contribution < 1.29 is 4.79 Å². The summed E-state index contributed by atoms with van der Waals surface area (Å²) < 4.78 is 0. The fourth-order valence-electron chi connectivity index (χ4n) is 4.28.